The summed E-state index contributed by atoms with van der Waals surface area (Å²) >= 11 is -2.16. The van der Waals surface area contributed by atoms with Gasteiger partial charge in [0, 0.05) is 17.8 Å². The normalized spacial score (nSPS) is 24.0. The Labute approximate surface area is 97.7 Å². The second-order valence-electron chi connectivity index (χ2n) is 3.69. The number of ether oxygens (including phenoxy) is 1. The van der Waals surface area contributed by atoms with Crippen molar-refractivity contribution in [3.63, 3.8) is 0 Å². The molecule has 0 saturated carbocycles. The summed E-state index contributed by atoms with van der Waals surface area (Å²) in [6, 6.07) is 0. The van der Waals surface area contributed by atoms with Crippen LogP contribution in [-0.2, 0) is 20.8 Å². The van der Waals surface area contributed by atoms with E-state index in [9.17, 15) is 13.6 Å². The van der Waals surface area contributed by atoms with Crippen LogP contribution in [0.2, 0.25) is 0 Å². The van der Waals surface area contributed by atoms with Crippen molar-refractivity contribution in [2.45, 2.75) is 38.7 Å². The van der Waals surface area contributed by atoms with E-state index < -0.39 is 11.3 Å². The molecular weight excluding hydrogens is 230 g/mol. The molecule has 0 aromatic rings. The van der Waals surface area contributed by atoms with Gasteiger partial charge in [-0.15, -0.1) is 0 Å². The third-order valence-corrected chi connectivity index (χ3v) is 2.86. The number of allylic oxidation sites excluding steroid dienone is 1. The first kappa shape index (κ1) is 13.3. The molecule has 0 bridgehead atoms. The highest BCUT2D eigenvalue weighted by Gasteiger charge is 2.30. The summed E-state index contributed by atoms with van der Waals surface area (Å²) < 4.78 is 27.3. The zero-order chi connectivity index (χ0) is 12.0. The molecule has 5 nitrogen and oxygen atoms in total. The van der Waals surface area contributed by atoms with Gasteiger partial charge in [-0.3, -0.25) is 4.21 Å². The minimum absolute atomic E-state index is 0.0583. The number of rotatable bonds is 7. The first-order chi connectivity index (χ1) is 7.61. The summed E-state index contributed by atoms with van der Waals surface area (Å²) in [5.41, 5.74) is 0.763. The number of hydrogen-bond acceptors (Lipinski definition) is 4. The summed E-state index contributed by atoms with van der Waals surface area (Å²) in [5, 5.41) is 0. The fourth-order valence-electron chi connectivity index (χ4n) is 1.51. The van der Waals surface area contributed by atoms with Crippen LogP contribution in [0.3, 0.4) is 0 Å². The van der Waals surface area contributed by atoms with Crippen LogP contribution in [0.1, 0.15) is 32.6 Å². The van der Waals surface area contributed by atoms with Gasteiger partial charge in [-0.25, -0.2) is 9.52 Å². The SMILES string of the molecule is CC1OC(=O)/C1=C\CCCCCNS(=O)[O-]. The topological polar surface area (TPSA) is 78.5 Å². The maximum Gasteiger partial charge on any atom is 0.338 e. The Morgan fingerprint density at radius 3 is 2.81 bits per heavy atom. The Balaban J connectivity index is 2.00. The zero-order valence-electron chi connectivity index (χ0n) is 9.23. The van der Waals surface area contributed by atoms with Crippen LogP contribution in [0.15, 0.2) is 11.6 Å². The van der Waals surface area contributed by atoms with E-state index in [0.29, 0.717) is 6.54 Å². The summed E-state index contributed by atoms with van der Waals surface area (Å²) in [6.07, 6.45) is 5.41. The van der Waals surface area contributed by atoms with E-state index in [1.807, 2.05) is 13.0 Å². The van der Waals surface area contributed by atoms with Gasteiger partial charge in [0.2, 0.25) is 0 Å². The van der Waals surface area contributed by atoms with Crippen molar-refractivity contribution in [3.8, 4) is 0 Å². The largest absolute Gasteiger partial charge is 0.760 e. The number of cyclic esters (lactones) is 1. The highest BCUT2D eigenvalue weighted by atomic mass is 32.2. The molecule has 0 spiro atoms. The molecule has 0 amide bonds. The predicted molar refractivity (Wildman–Crippen MR) is 59.0 cm³/mol. The van der Waals surface area contributed by atoms with E-state index in [-0.39, 0.29) is 12.1 Å². The number of hydrogen-bond donors (Lipinski definition) is 1. The lowest BCUT2D eigenvalue weighted by molar-refractivity contribution is -0.154. The lowest BCUT2D eigenvalue weighted by atomic mass is 10.0. The Morgan fingerprint density at radius 2 is 2.25 bits per heavy atom. The van der Waals surface area contributed by atoms with Crippen molar-refractivity contribution in [1.29, 1.82) is 0 Å². The molecule has 1 rings (SSSR count). The third-order valence-electron chi connectivity index (χ3n) is 2.42. The fourth-order valence-corrected chi connectivity index (χ4v) is 1.82. The van der Waals surface area contributed by atoms with Gasteiger partial charge in [0.1, 0.15) is 6.10 Å². The minimum atomic E-state index is -2.16. The first-order valence-electron chi connectivity index (χ1n) is 5.35. The monoisotopic (exact) mass is 246 g/mol. The Kier molecular flexibility index (Phi) is 5.65. The molecule has 0 radical (unpaired) electrons. The summed E-state index contributed by atoms with van der Waals surface area (Å²) in [7, 11) is 0. The van der Waals surface area contributed by atoms with Gasteiger partial charge < -0.3 is 9.29 Å². The minimum Gasteiger partial charge on any atom is -0.760 e. The second-order valence-corrected chi connectivity index (χ2v) is 4.44. The molecule has 16 heavy (non-hydrogen) atoms. The van der Waals surface area contributed by atoms with E-state index in [0.717, 1.165) is 31.3 Å². The van der Waals surface area contributed by atoms with Crippen LogP contribution in [0, 0.1) is 0 Å². The van der Waals surface area contributed by atoms with Crippen molar-refractivity contribution in [2.24, 2.45) is 0 Å². The van der Waals surface area contributed by atoms with Crippen LogP contribution >= 0.6 is 0 Å². The van der Waals surface area contributed by atoms with Gasteiger partial charge in [0.25, 0.3) is 0 Å². The quantitative estimate of drug-likeness (QED) is 0.312. The Bertz CT molecular complexity index is 303. The van der Waals surface area contributed by atoms with Crippen LogP contribution in [0.5, 0.6) is 0 Å². The van der Waals surface area contributed by atoms with E-state index >= 15 is 0 Å². The summed E-state index contributed by atoms with van der Waals surface area (Å²) in [6.45, 7) is 2.33. The molecule has 92 valence electrons. The number of carbonyl (C=O) groups excluding carboxylic acids is 1. The van der Waals surface area contributed by atoms with Crippen LogP contribution < -0.4 is 4.72 Å². The zero-order valence-corrected chi connectivity index (χ0v) is 10.0. The lowest BCUT2D eigenvalue weighted by Crippen LogP contribution is -2.33. The van der Waals surface area contributed by atoms with Crippen LogP contribution in [0.25, 0.3) is 0 Å². The van der Waals surface area contributed by atoms with Crippen molar-refractivity contribution in [2.75, 3.05) is 6.54 Å². The lowest BCUT2D eigenvalue weighted by Gasteiger charge is -2.25. The van der Waals surface area contributed by atoms with Gasteiger partial charge >= 0.3 is 5.97 Å². The van der Waals surface area contributed by atoms with E-state index in [1.54, 1.807) is 0 Å². The Morgan fingerprint density at radius 1 is 1.50 bits per heavy atom. The van der Waals surface area contributed by atoms with Crippen molar-refractivity contribution >= 4 is 17.2 Å². The Hall–Kier alpha value is -0.720. The molecule has 1 saturated heterocycles. The fraction of sp³-hybridized carbons (Fsp3) is 0.700. The average Bonchev–Trinajstić information content (AvgIpc) is 2.21. The molecule has 2 atom stereocenters. The molecule has 1 fully saturated rings. The number of nitrogens with one attached hydrogen (secondary N) is 1. The number of unbranched alkanes of at least 4 members (excludes halogenated alkanes) is 3. The second kappa shape index (κ2) is 6.78. The number of esters is 1. The van der Waals surface area contributed by atoms with E-state index in [4.69, 9.17) is 4.74 Å². The van der Waals surface area contributed by atoms with Crippen molar-refractivity contribution in [3.05, 3.63) is 11.6 Å². The maximum atomic E-state index is 10.9. The first-order valence-corrected chi connectivity index (χ1v) is 6.42. The van der Waals surface area contributed by atoms with Crippen LogP contribution in [-0.4, -0.2) is 27.4 Å². The molecule has 1 heterocycles. The molecule has 0 aromatic carbocycles. The standard InChI is InChI=1S/C10H17NO4S/c1-8-9(10(12)15-8)6-4-2-3-5-7-11-16(13)14/h6,8,11H,2-5,7H2,1H3,(H,13,14)/p-1/b9-6-. The van der Waals surface area contributed by atoms with Gasteiger partial charge in [-0.05, 0) is 26.2 Å². The smallest absolute Gasteiger partial charge is 0.338 e. The van der Waals surface area contributed by atoms with Crippen LogP contribution in [0.4, 0.5) is 0 Å². The third kappa shape index (κ3) is 4.42. The highest BCUT2D eigenvalue weighted by Crippen LogP contribution is 2.21. The highest BCUT2D eigenvalue weighted by molar-refractivity contribution is 7.77. The molecule has 0 aliphatic carbocycles. The van der Waals surface area contributed by atoms with E-state index in [2.05, 4.69) is 4.72 Å². The summed E-state index contributed by atoms with van der Waals surface area (Å²) in [5.74, 6) is -0.212. The molecule has 6 heteroatoms. The van der Waals surface area contributed by atoms with Gasteiger partial charge in [0.05, 0.1) is 5.57 Å². The molecule has 1 aliphatic rings. The maximum absolute atomic E-state index is 10.9. The molecular formula is C10H16NO4S-. The number of carbonyl (C=O) groups is 1. The van der Waals surface area contributed by atoms with Gasteiger partial charge in [-0.1, -0.05) is 12.5 Å². The predicted octanol–water partition coefficient (Wildman–Crippen LogP) is 0.802. The van der Waals surface area contributed by atoms with Gasteiger partial charge in [0.15, 0.2) is 0 Å². The molecule has 2 unspecified atom stereocenters. The summed E-state index contributed by atoms with van der Waals surface area (Å²) in [4.78, 5) is 10.9. The van der Waals surface area contributed by atoms with E-state index in [1.165, 1.54) is 0 Å². The molecule has 1 N–H and O–H groups in total. The van der Waals surface area contributed by atoms with Gasteiger partial charge in [-0.2, -0.15) is 0 Å². The molecule has 1 aliphatic heterocycles. The van der Waals surface area contributed by atoms with Crippen molar-refractivity contribution in [1.82, 2.24) is 4.72 Å². The average molecular weight is 246 g/mol. The van der Waals surface area contributed by atoms with Crippen molar-refractivity contribution < 1.29 is 18.3 Å². The molecule has 0 aromatic heterocycles.